The van der Waals surface area contributed by atoms with E-state index in [1.165, 1.54) is 13.2 Å². The molecule has 2 atom stereocenters. The van der Waals surface area contributed by atoms with Gasteiger partial charge in [-0.1, -0.05) is 6.92 Å². The third kappa shape index (κ3) is 5.68. The molecule has 2 unspecified atom stereocenters. The number of ether oxygens (including phenoxy) is 2. The zero-order valence-corrected chi connectivity index (χ0v) is 17.3. The number of methoxy groups -OCH3 is 1. The van der Waals surface area contributed by atoms with E-state index < -0.39 is 11.6 Å². The predicted octanol–water partition coefficient (Wildman–Crippen LogP) is 2.28. The average molecular weight is 483 g/mol. The Morgan fingerprint density at radius 1 is 1.38 bits per heavy atom. The smallest absolute Gasteiger partial charge is 0.310 e. The van der Waals surface area contributed by atoms with Gasteiger partial charge in [-0.2, -0.15) is 0 Å². The maximum atomic E-state index is 13.5. The maximum Gasteiger partial charge on any atom is 0.310 e. The number of benzene rings is 1. The van der Waals surface area contributed by atoms with Gasteiger partial charge >= 0.3 is 5.97 Å². The van der Waals surface area contributed by atoms with Crippen LogP contribution in [0.25, 0.3) is 0 Å². The number of guanidine groups is 1. The molecule has 2 rings (SSSR count). The molecule has 1 aromatic rings. The summed E-state index contributed by atoms with van der Waals surface area (Å²) in [6, 6.07) is 3.17. The summed E-state index contributed by atoms with van der Waals surface area (Å²) < 4.78 is 36.4. The average Bonchev–Trinajstić information content (AvgIpc) is 2.97. The molecule has 1 heterocycles. The van der Waals surface area contributed by atoms with Gasteiger partial charge in [-0.25, -0.2) is 8.78 Å². The van der Waals surface area contributed by atoms with Gasteiger partial charge in [-0.15, -0.1) is 24.0 Å². The first-order chi connectivity index (χ1) is 12.0. The van der Waals surface area contributed by atoms with Crippen LogP contribution in [0.1, 0.15) is 6.92 Å². The number of hydrogen-bond acceptors (Lipinski definition) is 4. The lowest BCUT2D eigenvalue weighted by molar-refractivity contribution is -0.145. The number of carbonyl (C=O) groups excluding carboxylic acids is 1. The molecule has 1 saturated heterocycles. The highest BCUT2D eigenvalue weighted by molar-refractivity contribution is 14.0. The monoisotopic (exact) mass is 483 g/mol. The fourth-order valence-corrected chi connectivity index (χ4v) is 2.85. The Kier molecular flexibility index (Phi) is 9.03. The molecule has 1 N–H and O–H groups in total. The molecule has 0 radical (unpaired) electrons. The van der Waals surface area contributed by atoms with Crippen molar-refractivity contribution in [3.63, 3.8) is 0 Å². The van der Waals surface area contributed by atoms with Crippen molar-refractivity contribution in [2.75, 3.05) is 40.4 Å². The van der Waals surface area contributed by atoms with Crippen LogP contribution in [0.3, 0.4) is 0 Å². The SMILES string of the molecule is CN=C(NCCOc1ccc(F)cc1F)N1CC(C)C(C(=O)OC)C1.I. The van der Waals surface area contributed by atoms with Crippen molar-refractivity contribution in [1.29, 1.82) is 0 Å². The lowest BCUT2D eigenvalue weighted by atomic mass is 9.99. The molecule has 146 valence electrons. The number of nitrogens with one attached hydrogen (secondary N) is 1. The van der Waals surface area contributed by atoms with Crippen molar-refractivity contribution >= 4 is 35.9 Å². The first kappa shape index (κ1) is 22.4. The molecule has 9 heteroatoms. The molecule has 0 bridgehead atoms. The highest BCUT2D eigenvalue weighted by Gasteiger charge is 2.36. The van der Waals surface area contributed by atoms with Gasteiger partial charge < -0.3 is 19.7 Å². The van der Waals surface area contributed by atoms with Crippen molar-refractivity contribution in [2.24, 2.45) is 16.8 Å². The fraction of sp³-hybridized carbons (Fsp3) is 0.529. The molecule has 1 aliphatic heterocycles. The van der Waals surface area contributed by atoms with Crippen molar-refractivity contribution in [1.82, 2.24) is 10.2 Å². The van der Waals surface area contributed by atoms with Crippen LogP contribution in [0.2, 0.25) is 0 Å². The lowest BCUT2D eigenvalue weighted by Gasteiger charge is -2.21. The van der Waals surface area contributed by atoms with Crippen LogP contribution < -0.4 is 10.1 Å². The molecule has 0 saturated carbocycles. The number of halogens is 3. The first-order valence-corrected chi connectivity index (χ1v) is 8.07. The highest BCUT2D eigenvalue weighted by atomic mass is 127. The van der Waals surface area contributed by atoms with Gasteiger partial charge in [0.05, 0.1) is 19.6 Å². The van der Waals surface area contributed by atoms with E-state index in [0.717, 1.165) is 12.1 Å². The van der Waals surface area contributed by atoms with Gasteiger partial charge in [0, 0.05) is 26.2 Å². The van der Waals surface area contributed by atoms with Crippen LogP contribution in [-0.2, 0) is 9.53 Å². The summed E-state index contributed by atoms with van der Waals surface area (Å²) in [5, 5.41) is 3.11. The van der Waals surface area contributed by atoms with Crippen LogP contribution in [-0.4, -0.2) is 57.2 Å². The van der Waals surface area contributed by atoms with Gasteiger partial charge in [0.25, 0.3) is 0 Å². The number of hydrogen-bond donors (Lipinski definition) is 1. The Hall–Kier alpha value is -1.65. The summed E-state index contributed by atoms with van der Waals surface area (Å²) in [5.74, 6) is -0.991. The summed E-state index contributed by atoms with van der Waals surface area (Å²) in [4.78, 5) is 17.9. The maximum absolute atomic E-state index is 13.5. The zero-order valence-electron chi connectivity index (χ0n) is 15.0. The summed E-state index contributed by atoms with van der Waals surface area (Å²) >= 11 is 0. The van der Waals surface area contributed by atoms with E-state index >= 15 is 0 Å². The number of likely N-dealkylation sites (tertiary alicyclic amines) is 1. The number of rotatable bonds is 5. The first-order valence-electron chi connectivity index (χ1n) is 8.07. The molecule has 1 aliphatic rings. The standard InChI is InChI=1S/C17H23F2N3O3.HI/c1-11-9-22(10-13(11)16(23)24-3)17(20-2)21-6-7-25-15-5-4-12(18)8-14(15)19;/h4-5,8,11,13H,6-7,9-10H2,1-3H3,(H,20,21);1H. The van der Waals surface area contributed by atoms with Crippen LogP contribution in [0.4, 0.5) is 8.78 Å². The minimum Gasteiger partial charge on any atom is -0.489 e. The Bertz CT molecular complexity index is 646. The molecule has 1 aromatic carbocycles. The van der Waals surface area contributed by atoms with E-state index in [9.17, 15) is 13.6 Å². The van der Waals surface area contributed by atoms with Gasteiger partial charge in [-0.05, 0) is 18.1 Å². The molecule has 6 nitrogen and oxygen atoms in total. The van der Waals surface area contributed by atoms with E-state index in [2.05, 4.69) is 10.3 Å². The quantitative estimate of drug-likeness (QED) is 0.229. The van der Waals surface area contributed by atoms with Crippen LogP contribution in [0, 0.1) is 23.5 Å². The van der Waals surface area contributed by atoms with Crippen molar-refractivity contribution < 1.29 is 23.0 Å². The zero-order chi connectivity index (χ0) is 18.4. The largest absolute Gasteiger partial charge is 0.489 e. The van der Waals surface area contributed by atoms with Gasteiger partial charge in [0.15, 0.2) is 17.5 Å². The lowest BCUT2D eigenvalue weighted by Crippen LogP contribution is -2.42. The fourth-order valence-electron chi connectivity index (χ4n) is 2.85. The third-order valence-electron chi connectivity index (χ3n) is 4.16. The van der Waals surface area contributed by atoms with E-state index in [0.29, 0.717) is 25.6 Å². The summed E-state index contributed by atoms with van der Waals surface area (Å²) in [6.07, 6.45) is 0. The van der Waals surface area contributed by atoms with Crippen LogP contribution >= 0.6 is 24.0 Å². The highest BCUT2D eigenvalue weighted by Crippen LogP contribution is 2.24. The number of esters is 1. The Balaban J connectivity index is 0.00000338. The van der Waals surface area contributed by atoms with Crippen molar-refractivity contribution in [3.8, 4) is 5.75 Å². The predicted molar refractivity (Wildman–Crippen MR) is 105 cm³/mol. The molecular weight excluding hydrogens is 459 g/mol. The van der Waals surface area contributed by atoms with E-state index in [1.54, 1.807) is 7.05 Å². The van der Waals surface area contributed by atoms with Crippen molar-refractivity contribution in [2.45, 2.75) is 6.92 Å². The number of aliphatic imine (C=N–C) groups is 1. The molecule has 0 amide bonds. The summed E-state index contributed by atoms with van der Waals surface area (Å²) in [6.45, 7) is 3.78. The van der Waals surface area contributed by atoms with Crippen molar-refractivity contribution in [3.05, 3.63) is 29.8 Å². The van der Waals surface area contributed by atoms with Gasteiger partial charge in [0.1, 0.15) is 12.4 Å². The van der Waals surface area contributed by atoms with E-state index in [1.807, 2.05) is 11.8 Å². The Morgan fingerprint density at radius 2 is 2.12 bits per heavy atom. The number of carbonyl (C=O) groups is 1. The second-order valence-corrected chi connectivity index (χ2v) is 5.91. The van der Waals surface area contributed by atoms with Gasteiger partial charge in [0.2, 0.25) is 0 Å². The Labute approximate surface area is 169 Å². The van der Waals surface area contributed by atoms with Crippen LogP contribution in [0.5, 0.6) is 5.75 Å². The molecular formula is C17H24F2IN3O3. The summed E-state index contributed by atoms with van der Waals surface area (Å²) in [7, 11) is 3.04. The topological polar surface area (TPSA) is 63.2 Å². The normalized spacial score (nSPS) is 19.7. The minimum atomic E-state index is -0.737. The van der Waals surface area contributed by atoms with E-state index in [-0.39, 0.29) is 54.1 Å². The van der Waals surface area contributed by atoms with E-state index in [4.69, 9.17) is 9.47 Å². The molecule has 0 aromatic heterocycles. The second kappa shape index (κ2) is 10.5. The number of nitrogens with zero attached hydrogens (tertiary/aromatic N) is 2. The Morgan fingerprint density at radius 3 is 2.73 bits per heavy atom. The van der Waals surface area contributed by atoms with Crippen LogP contribution in [0.15, 0.2) is 23.2 Å². The minimum absolute atomic E-state index is 0. The molecule has 26 heavy (non-hydrogen) atoms. The van der Waals surface area contributed by atoms with Gasteiger partial charge in [-0.3, -0.25) is 9.79 Å². The molecule has 0 spiro atoms. The third-order valence-corrected chi connectivity index (χ3v) is 4.16. The molecule has 1 fully saturated rings. The summed E-state index contributed by atoms with van der Waals surface area (Å²) in [5.41, 5.74) is 0. The molecule has 0 aliphatic carbocycles. The second-order valence-electron chi connectivity index (χ2n) is 5.91.